The van der Waals surface area contributed by atoms with Crippen LogP contribution in [0.2, 0.25) is 0 Å². The predicted molar refractivity (Wildman–Crippen MR) is 82.0 cm³/mol. The molecular formula is C17H33NO. The van der Waals surface area contributed by atoms with E-state index in [1.165, 1.54) is 12.8 Å². The molecule has 0 saturated heterocycles. The van der Waals surface area contributed by atoms with Crippen LogP contribution in [0.5, 0.6) is 0 Å². The molecule has 0 unspecified atom stereocenters. The van der Waals surface area contributed by atoms with Gasteiger partial charge in [0.1, 0.15) is 0 Å². The van der Waals surface area contributed by atoms with Crippen LogP contribution in [-0.2, 0) is 4.79 Å². The predicted octanol–water partition coefficient (Wildman–Crippen LogP) is 4.39. The summed E-state index contributed by atoms with van der Waals surface area (Å²) in [5.41, 5.74) is 0.0387. The van der Waals surface area contributed by atoms with Gasteiger partial charge in [-0.1, -0.05) is 34.6 Å². The Morgan fingerprint density at radius 3 is 1.84 bits per heavy atom. The van der Waals surface area contributed by atoms with Gasteiger partial charge in [0, 0.05) is 11.0 Å². The Kier molecular flexibility index (Phi) is 4.44. The minimum absolute atomic E-state index is 0.137. The van der Waals surface area contributed by atoms with Crippen LogP contribution in [0.15, 0.2) is 0 Å². The van der Waals surface area contributed by atoms with Gasteiger partial charge in [-0.2, -0.15) is 0 Å². The van der Waals surface area contributed by atoms with Crippen molar-refractivity contribution in [1.82, 2.24) is 5.32 Å². The molecule has 0 atom stereocenters. The highest BCUT2D eigenvalue weighted by Gasteiger charge is 2.41. The molecule has 0 aromatic heterocycles. The van der Waals surface area contributed by atoms with E-state index in [9.17, 15) is 4.79 Å². The Bertz CT molecular complexity index is 324. The molecule has 0 aromatic rings. The lowest BCUT2D eigenvalue weighted by Gasteiger charge is -2.46. The standard InChI is InChI=1S/C17H33NO/c1-15(2,3)13-9-12(10-13)11-17(7,8)14(19)18-16(4,5)6/h12-13H,9-11H2,1-8H3,(H,18,19). The van der Waals surface area contributed by atoms with Crippen LogP contribution >= 0.6 is 0 Å². The minimum Gasteiger partial charge on any atom is -0.351 e. The topological polar surface area (TPSA) is 29.1 Å². The summed E-state index contributed by atoms with van der Waals surface area (Å²) in [5, 5.41) is 3.12. The van der Waals surface area contributed by atoms with Crippen molar-refractivity contribution in [2.45, 2.75) is 80.2 Å². The maximum absolute atomic E-state index is 12.3. The van der Waals surface area contributed by atoms with E-state index in [1.807, 2.05) is 20.8 Å². The zero-order valence-electron chi connectivity index (χ0n) is 14.2. The molecule has 19 heavy (non-hydrogen) atoms. The van der Waals surface area contributed by atoms with Gasteiger partial charge in [-0.05, 0) is 57.3 Å². The van der Waals surface area contributed by atoms with Gasteiger partial charge < -0.3 is 5.32 Å². The highest BCUT2D eigenvalue weighted by molar-refractivity contribution is 5.82. The van der Waals surface area contributed by atoms with Crippen LogP contribution in [0, 0.1) is 22.7 Å². The van der Waals surface area contributed by atoms with Gasteiger partial charge >= 0.3 is 0 Å². The van der Waals surface area contributed by atoms with Gasteiger partial charge in [0.25, 0.3) is 0 Å². The second-order valence-corrected chi connectivity index (χ2v) is 9.19. The molecule has 1 aliphatic carbocycles. The fourth-order valence-corrected chi connectivity index (χ4v) is 2.93. The quantitative estimate of drug-likeness (QED) is 0.807. The number of hydrogen-bond acceptors (Lipinski definition) is 1. The zero-order chi connectivity index (χ0) is 15.1. The van der Waals surface area contributed by atoms with Crippen molar-refractivity contribution in [3.63, 3.8) is 0 Å². The number of carbonyl (C=O) groups excluding carboxylic acids is 1. The summed E-state index contributed by atoms with van der Waals surface area (Å²) in [5.74, 6) is 1.75. The summed E-state index contributed by atoms with van der Waals surface area (Å²) in [6.45, 7) is 17.3. The van der Waals surface area contributed by atoms with E-state index in [1.54, 1.807) is 0 Å². The Morgan fingerprint density at radius 1 is 1.00 bits per heavy atom. The van der Waals surface area contributed by atoms with E-state index in [-0.39, 0.29) is 16.9 Å². The molecule has 0 bridgehead atoms. The average molecular weight is 267 g/mol. The summed E-state index contributed by atoms with van der Waals surface area (Å²) in [7, 11) is 0. The number of carbonyl (C=O) groups is 1. The molecule has 0 radical (unpaired) electrons. The smallest absolute Gasteiger partial charge is 0.226 e. The van der Waals surface area contributed by atoms with Crippen LogP contribution < -0.4 is 5.32 Å². The molecule has 1 N–H and O–H groups in total. The molecular weight excluding hydrogens is 234 g/mol. The normalized spacial score (nSPS) is 24.8. The lowest BCUT2D eigenvalue weighted by molar-refractivity contribution is -0.132. The molecule has 0 aliphatic heterocycles. The van der Waals surface area contributed by atoms with Gasteiger partial charge in [0.05, 0.1) is 0 Å². The van der Waals surface area contributed by atoms with E-state index in [0.29, 0.717) is 5.41 Å². The molecule has 2 nitrogen and oxygen atoms in total. The Labute approximate surface area is 119 Å². The molecule has 112 valence electrons. The first kappa shape index (κ1) is 16.5. The van der Waals surface area contributed by atoms with Gasteiger partial charge in [-0.3, -0.25) is 4.79 Å². The third-order valence-corrected chi connectivity index (χ3v) is 4.36. The second kappa shape index (κ2) is 5.10. The van der Waals surface area contributed by atoms with Crippen molar-refractivity contribution < 1.29 is 4.79 Å². The fraction of sp³-hybridized carbons (Fsp3) is 0.941. The first-order valence-corrected chi connectivity index (χ1v) is 7.64. The van der Waals surface area contributed by atoms with E-state index in [4.69, 9.17) is 0 Å². The van der Waals surface area contributed by atoms with Crippen molar-refractivity contribution >= 4 is 5.91 Å². The summed E-state index contributed by atoms with van der Waals surface area (Å²) < 4.78 is 0. The van der Waals surface area contributed by atoms with E-state index in [0.717, 1.165) is 18.3 Å². The van der Waals surface area contributed by atoms with E-state index < -0.39 is 0 Å². The largest absolute Gasteiger partial charge is 0.351 e. The molecule has 2 heteroatoms. The molecule has 1 aliphatic rings. The van der Waals surface area contributed by atoms with Crippen LogP contribution in [0.4, 0.5) is 0 Å². The third kappa shape index (κ3) is 4.81. The summed E-state index contributed by atoms with van der Waals surface area (Å²) in [4.78, 5) is 12.3. The van der Waals surface area contributed by atoms with Gasteiger partial charge in [0.15, 0.2) is 0 Å². The minimum atomic E-state index is -0.249. The maximum Gasteiger partial charge on any atom is 0.226 e. The molecule has 0 aromatic carbocycles. The number of rotatable bonds is 3. The average Bonchev–Trinajstić information content (AvgIpc) is 2.05. The van der Waals surface area contributed by atoms with E-state index >= 15 is 0 Å². The fourth-order valence-electron chi connectivity index (χ4n) is 2.93. The lowest BCUT2D eigenvalue weighted by Crippen LogP contribution is -2.48. The van der Waals surface area contributed by atoms with Gasteiger partial charge in [-0.15, -0.1) is 0 Å². The van der Waals surface area contributed by atoms with Crippen LogP contribution in [0.25, 0.3) is 0 Å². The first-order valence-electron chi connectivity index (χ1n) is 7.64. The number of nitrogens with one attached hydrogen (secondary N) is 1. The number of hydrogen-bond donors (Lipinski definition) is 1. The highest BCUT2D eigenvalue weighted by Crippen LogP contribution is 2.49. The van der Waals surface area contributed by atoms with Crippen LogP contribution in [-0.4, -0.2) is 11.4 Å². The summed E-state index contributed by atoms with van der Waals surface area (Å²) in [6.07, 6.45) is 3.59. The van der Waals surface area contributed by atoms with Crippen molar-refractivity contribution in [3.05, 3.63) is 0 Å². The summed E-state index contributed by atoms with van der Waals surface area (Å²) >= 11 is 0. The third-order valence-electron chi connectivity index (χ3n) is 4.36. The lowest BCUT2D eigenvalue weighted by atomic mass is 9.60. The van der Waals surface area contributed by atoms with Crippen molar-refractivity contribution in [2.75, 3.05) is 0 Å². The summed E-state index contributed by atoms with van der Waals surface area (Å²) in [6, 6.07) is 0. The molecule has 0 spiro atoms. The number of amides is 1. The van der Waals surface area contributed by atoms with E-state index in [2.05, 4.69) is 39.9 Å². The van der Waals surface area contributed by atoms with Gasteiger partial charge in [0.2, 0.25) is 5.91 Å². The molecule has 1 amide bonds. The highest BCUT2D eigenvalue weighted by atomic mass is 16.2. The molecule has 0 heterocycles. The van der Waals surface area contributed by atoms with Crippen molar-refractivity contribution in [3.8, 4) is 0 Å². The SMILES string of the molecule is CC(C)(C)NC(=O)C(C)(C)CC1CC(C(C)(C)C)C1. The Hall–Kier alpha value is -0.530. The molecule has 1 saturated carbocycles. The second-order valence-electron chi connectivity index (χ2n) is 9.19. The van der Waals surface area contributed by atoms with Crippen molar-refractivity contribution in [2.24, 2.45) is 22.7 Å². The zero-order valence-corrected chi connectivity index (χ0v) is 14.2. The molecule has 1 rings (SSSR count). The first-order chi connectivity index (χ1) is 8.31. The Balaban J connectivity index is 2.47. The maximum atomic E-state index is 12.3. The van der Waals surface area contributed by atoms with Crippen LogP contribution in [0.3, 0.4) is 0 Å². The monoisotopic (exact) mass is 267 g/mol. The Morgan fingerprint density at radius 2 is 1.47 bits per heavy atom. The van der Waals surface area contributed by atoms with Gasteiger partial charge in [-0.25, -0.2) is 0 Å². The van der Waals surface area contributed by atoms with Crippen LogP contribution in [0.1, 0.15) is 74.7 Å². The molecule has 1 fully saturated rings. The van der Waals surface area contributed by atoms with Crippen molar-refractivity contribution in [1.29, 1.82) is 0 Å².